The van der Waals surface area contributed by atoms with Crippen LogP contribution in [0.4, 0.5) is 11.8 Å². The first-order valence-electron chi connectivity index (χ1n) is 12.8. The van der Waals surface area contributed by atoms with Crippen LogP contribution in [-0.4, -0.2) is 114 Å². The van der Waals surface area contributed by atoms with Crippen LogP contribution in [0.3, 0.4) is 0 Å². The number of ether oxygens (including phenoxy) is 2. The molecule has 6 heterocycles. The fourth-order valence-electron chi connectivity index (χ4n) is 4.99. The molecule has 2 saturated heterocycles. The number of nitrogens with two attached hydrogens (primary N) is 2. The Morgan fingerprint density at radius 1 is 0.956 bits per heavy atom. The SMILES string of the molecule is Nc1nc2c(ncn2[C@@H]2O[C@H](CO[P+](=O)O)[C@@H](OP(=O)(O)OC[C@H]3O[C@@H](n4cnc5c(N)ncnc54)[C@H](O)[C@@H]3O)[C@H]2O)c(=O)[nH]1. The number of anilines is 2. The van der Waals surface area contributed by atoms with E-state index in [4.69, 9.17) is 34.9 Å². The third kappa shape index (κ3) is 5.92. The Morgan fingerprint density at radius 3 is 2.36 bits per heavy atom. The minimum absolute atomic E-state index is 0.0650. The number of fused-ring (bicyclic) bond motifs is 2. The smallest absolute Gasteiger partial charge is 0.387 e. The summed E-state index contributed by atoms with van der Waals surface area (Å²) >= 11 is 0. The molecule has 4 aromatic heterocycles. The molecule has 2 unspecified atom stereocenters. The summed E-state index contributed by atoms with van der Waals surface area (Å²) in [7, 11) is -8.28. The Kier molecular flexibility index (Phi) is 8.36. The van der Waals surface area contributed by atoms with Crippen LogP contribution in [0.5, 0.6) is 0 Å². The molecule has 242 valence electrons. The number of rotatable bonds is 10. The third-order valence-corrected chi connectivity index (χ3v) is 8.39. The number of nitrogens with zero attached hydrogens (tertiary/aromatic N) is 7. The largest absolute Gasteiger partial charge is 0.694 e. The number of phosphoric ester groups is 1. The minimum atomic E-state index is -5.13. The van der Waals surface area contributed by atoms with Crippen molar-refractivity contribution in [3.8, 4) is 0 Å². The predicted octanol–water partition coefficient (Wildman–Crippen LogP) is -2.83. The van der Waals surface area contributed by atoms with Crippen LogP contribution in [0.1, 0.15) is 12.5 Å². The monoisotopic (exact) mass is 675 g/mol. The van der Waals surface area contributed by atoms with E-state index in [-0.39, 0.29) is 34.1 Å². The number of hydrogen-bond acceptors (Lipinski definition) is 18. The maximum Gasteiger partial charge on any atom is 0.694 e. The highest BCUT2D eigenvalue weighted by Crippen LogP contribution is 2.49. The molecule has 45 heavy (non-hydrogen) atoms. The highest BCUT2D eigenvalue weighted by Gasteiger charge is 2.51. The van der Waals surface area contributed by atoms with Gasteiger partial charge in [0.05, 0.1) is 19.3 Å². The van der Waals surface area contributed by atoms with E-state index >= 15 is 0 Å². The average Bonchev–Trinajstić information content (AvgIpc) is 3.73. The van der Waals surface area contributed by atoms with Crippen molar-refractivity contribution in [3.63, 3.8) is 0 Å². The number of aromatic amines is 1. The van der Waals surface area contributed by atoms with E-state index < -0.39 is 83.9 Å². The van der Waals surface area contributed by atoms with Crippen LogP contribution in [0.15, 0.2) is 23.8 Å². The van der Waals surface area contributed by atoms with Crippen LogP contribution in [0, 0.1) is 0 Å². The summed E-state index contributed by atoms with van der Waals surface area (Å²) in [6.45, 7) is -1.49. The van der Waals surface area contributed by atoms with Gasteiger partial charge >= 0.3 is 16.1 Å². The molecule has 4 aromatic rings. The molecule has 2 aliphatic rings. The number of aliphatic hydroxyl groups excluding tert-OH is 3. The molecule has 0 aliphatic carbocycles. The van der Waals surface area contributed by atoms with Crippen LogP contribution in [0.25, 0.3) is 22.3 Å². The zero-order valence-electron chi connectivity index (χ0n) is 22.4. The standard InChI is InChI=1S/C20H24N10O13P2/c21-14-8-15(24-3-23-14)29(4-25-8)18-11(32)10(31)6(41-18)2-40-45(37,38)43-13-7(1-39-44(35)36)42-19(12(13)33)30-5-26-9-16(30)27-20(22)28-17(9)34/h3-7,10-13,18-19,31-33H,1-2H2,(H6-,21,22,23,24,27,28,34,35,36,37,38)/p+1/t6-,7-,10-,11-,12-,13-,18-,19-/m1/s1. The maximum absolute atomic E-state index is 13.0. The summed E-state index contributed by atoms with van der Waals surface area (Å²) in [5, 5.41) is 32.3. The van der Waals surface area contributed by atoms with Gasteiger partial charge in [-0.2, -0.15) is 4.98 Å². The number of aliphatic hydroxyl groups is 3. The molecule has 10 N–H and O–H groups in total. The van der Waals surface area contributed by atoms with Gasteiger partial charge in [0, 0.05) is 4.57 Å². The van der Waals surface area contributed by atoms with Gasteiger partial charge in [0.1, 0.15) is 55.1 Å². The average molecular weight is 675 g/mol. The summed E-state index contributed by atoms with van der Waals surface area (Å²) < 4.78 is 52.9. The maximum atomic E-state index is 13.0. The molecule has 0 amide bonds. The second kappa shape index (κ2) is 12.0. The lowest BCUT2D eigenvalue weighted by Gasteiger charge is -2.23. The Balaban J connectivity index is 1.17. The van der Waals surface area contributed by atoms with Gasteiger partial charge in [-0.05, 0) is 0 Å². The molecule has 23 nitrogen and oxygen atoms in total. The molecule has 2 aliphatic heterocycles. The molecule has 0 aromatic carbocycles. The number of H-pyrrole nitrogens is 1. The van der Waals surface area contributed by atoms with Crippen LogP contribution >= 0.6 is 16.1 Å². The van der Waals surface area contributed by atoms with Crippen LogP contribution < -0.4 is 17.0 Å². The Hall–Kier alpha value is -3.57. The van der Waals surface area contributed by atoms with Crippen molar-refractivity contribution in [2.45, 2.75) is 49.1 Å². The lowest BCUT2D eigenvalue weighted by atomic mass is 10.1. The van der Waals surface area contributed by atoms with Gasteiger partial charge in [-0.25, -0.2) is 24.5 Å². The molecule has 25 heteroatoms. The van der Waals surface area contributed by atoms with Crippen molar-refractivity contribution in [1.29, 1.82) is 0 Å². The van der Waals surface area contributed by atoms with E-state index in [9.17, 15) is 34.1 Å². The first-order chi connectivity index (χ1) is 21.3. The number of phosphoric acid groups is 1. The molecule has 0 saturated carbocycles. The molecule has 0 spiro atoms. The van der Waals surface area contributed by atoms with E-state index in [0.717, 1.165) is 17.2 Å². The highest BCUT2D eigenvalue weighted by molar-refractivity contribution is 7.47. The summed E-state index contributed by atoms with van der Waals surface area (Å²) in [5.41, 5.74) is 10.8. The van der Waals surface area contributed by atoms with Gasteiger partial charge in [0.25, 0.3) is 5.56 Å². The Morgan fingerprint density at radius 2 is 1.62 bits per heavy atom. The fourth-order valence-corrected chi connectivity index (χ4v) is 6.22. The van der Waals surface area contributed by atoms with Crippen molar-refractivity contribution in [2.24, 2.45) is 0 Å². The first-order valence-corrected chi connectivity index (χ1v) is 15.4. The number of nitrogens with one attached hydrogen (secondary N) is 1. The molecule has 0 bridgehead atoms. The van der Waals surface area contributed by atoms with Gasteiger partial charge in [-0.1, -0.05) is 0 Å². The van der Waals surface area contributed by atoms with Gasteiger partial charge in [-0.3, -0.25) is 28.0 Å². The van der Waals surface area contributed by atoms with Crippen molar-refractivity contribution in [1.82, 2.24) is 39.0 Å². The Labute approximate surface area is 249 Å². The zero-order valence-corrected chi connectivity index (χ0v) is 24.2. The van der Waals surface area contributed by atoms with Crippen LogP contribution in [0.2, 0.25) is 0 Å². The molecule has 0 radical (unpaired) electrons. The van der Waals surface area contributed by atoms with Gasteiger partial charge in [0.2, 0.25) is 5.95 Å². The normalized spacial score (nSPS) is 30.3. The number of nitrogen functional groups attached to an aromatic ring is 2. The molecule has 10 atom stereocenters. The fraction of sp³-hybridized carbons (Fsp3) is 0.500. The lowest BCUT2D eigenvalue weighted by Crippen LogP contribution is -2.36. The van der Waals surface area contributed by atoms with Crippen molar-refractivity contribution in [2.75, 3.05) is 24.7 Å². The molecular formula is C20H25N10O13P2+. The number of aromatic nitrogens is 8. The minimum Gasteiger partial charge on any atom is -0.387 e. The summed E-state index contributed by atoms with van der Waals surface area (Å²) in [6.07, 6.45) is -8.71. The third-order valence-electron chi connectivity index (χ3n) is 7.04. The van der Waals surface area contributed by atoms with Gasteiger partial charge < -0.3 is 41.2 Å². The quantitative estimate of drug-likeness (QED) is 0.0785. The highest BCUT2D eigenvalue weighted by atomic mass is 31.2. The lowest BCUT2D eigenvalue weighted by molar-refractivity contribution is -0.0573. The number of imidazole rings is 2. The second-order valence-electron chi connectivity index (χ2n) is 9.83. The first kappa shape index (κ1) is 31.4. The van der Waals surface area contributed by atoms with Crippen LogP contribution in [-0.2, 0) is 32.2 Å². The second-order valence-corrected chi connectivity index (χ2v) is 12.0. The van der Waals surface area contributed by atoms with Crippen molar-refractivity contribution >= 4 is 50.2 Å². The summed E-state index contributed by atoms with van der Waals surface area (Å²) in [5.74, 6) is -0.211. The molecular weight excluding hydrogens is 650 g/mol. The van der Waals surface area contributed by atoms with E-state index in [2.05, 4.69) is 34.4 Å². The molecule has 6 rings (SSSR count). The van der Waals surface area contributed by atoms with E-state index in [0.29, 0.717) is 0 Å². The van der Waals surface area contributed by atoms with E-state index in [1.807, 2.05) is 0 Å². The number of hydrogen-bond donors (Lipinski definition) is 8. The zero-order chi connectivity index (χ0) is 32.2. The van der Waals surface area contributed by atoms with Crippen molar-refractivity contribution < 1.29 is 57.3 Å². The van der Waals surface area contributed by atoms with Gasteiger partial charge in [-0.15, -0.1) is 9.42 Å². The topological polar surface area (TPSA) is 341 Å². The van der Waals surface area contributed by atoms with E-state index in [1.54, 1.807) is 0 Å². The van der Waals surface area contributed by atoms with Crippen molar-refractivity contribution in [3.05, 3.63) is 29.3 Å². The predicted molar refractivity (Wildman–Crippen MR) is 145 cm³/mol. The van der Waals surface area contributed by atoms with E-state index in [1.165, 1.54) is 10.9 Å². The van der Waals surface area contributed by atoms with Gasteiger partial charge in [0.15, 0.2) is 35.1 Å². The summed E-state index contributed by atoms with van der Waals surface area (Å²) in [6, 6.07) is 0. The Bertz CT molecular complexity index is 1850. The molecule has 2 fully saturated rings. The summed E-state index contributed by atoms with van der Waals surface area (Å²) in [4.78, 5) is 53.9.